The molecule has 0 aliphatic heterocycles. The number of hydrogen-bond donors (Lipinski definition) is 2. The fourth-order valence-corrected chi connectivity index (χ4v) is 2.06. The van der Waals surface area contributed by atoms with Crippen molar-refractivity contribution in [1.29, 1.82) is 0 Å². The van der Waals surface area contributed by atoms with E-state index in [4.69, 9.17) is 9.26 Å². The Morgan fingerprint density at radius 2 is 2.00 bits per heavy atom. The summed E-state index contributed by atoms with van der Waals surface area (Å²) >= 11 is 0. The molecule has 0 aliphatic carbocycles. The number of aromatic nitrogens is 2. The van der Waals surface area contributed by atoms with Gasteiger partial charge in [0.05, 0.1) is 13.1 Å². The van der Waals surface area contributed by atoms with Crippen LogP contribution in [0, 0.1) is 0 Å². The Kier molecular flexibility index (Phi) is 10.7. The normalized spacial score (nSPS) is 11.2. The van der Waals surface area contributed by atoms with Crippen LogP contribution in [0.4, 0.5) is 0 Å². The Morgan fingerprint density at radius 3 is 2.65 bits per heavy atom. The van der Waals surface area contributed by atoms with E-state index in [0.29, 0.717) is 32.0 Å². The molecule has 1 aromatic heterocycles. The fourth-order valence-electron chi connectivity index (χ4n) is 2.06. The predicted molar refractivity (Wildman–Crippen MR) is 113 cm³/mol. The topological polar surface area (TPSA) is 84.6 Å². The van der Waals surface area contributed by atoms with Gasteiger partial charge >= 0.3 is 0 Å². The van der Waals surface area contributed by atoms with Gasteiger partial charge in [0.25, 0.3) is 0 Å². The second kappa shape index (κ2) is 12.5. The maximum Gasteiger partial charge on any atom is 0.228 e. The number of guanidine groups is 1. The highest BCUT2D eigenvalue weighted by Gasteiger charge is 2.09. The third kappa shape index (κ3) is 8.03. The number of rotatable bonds is 9. The lowest BCUT2D eigenvalue weighted by molar-refractivity contribution is 0.322. The van der Waals surface area contributed by atoms with Gasteiger partial charge in [-0.25, -0.2) is 0 Å². The Bertz CT molecular complexity index is 646. The minimum atomic E-state index is 0. The van der Waals surface area contributed by atoms with Crippen LogP contribution in [0.15, 0.2) is 39.8 Å². The average molecular weight is 473 g/mol. The van der Waals surface area contributed by atoms with Crippen LogP contribution in [0.3, 0.4) is 0 Å². The van der Waals surface area contributed by atoms with Crippen LogP contribution in [0.2, 0.25) is 0 Å². The largest absolute Gasteiger partial charge is 0.492 e. The lowest BCUT2D eigenvalue weighted by Crippen LogP contribution is -2.39. The van der Waals surface area contributed by atoms with Gasteiger partial charge in [-0.1, -0.05) is 37.2 Å². The van der Waals surface area contributed by atoms with Crippen LogP contribution in [-0.4, -0.2) is 42.3 Å². The molecule has 0 saturated carbocycles. The van der Waals surface area contributed by atoms with Gasteiger partial charge in [0.1, 0.15) is 12.4 Å². The minimum absolute atomic E-state index is 0. The van der Waals surface area contributed by atoms with E-state index in [9.17, 15) is 0 Å². The lowest BCUT2D eigenvalue weighted by atomic mass is 10.2. The molecule has 2 aromatic rings. The summed E-state index contributed by atoms with van der Waals surface area (Å²) in [6.07, 6.45) is 0.622. The fraction of sp³-hybridized carbons (Fsp3) is 0.500. The van der Waals surface area contributed by atoms with Crippen molar-refractivity contribution in [3.05, 3.63) is 42.0 Å². The van der Waals surface area contributed by atoms with E-state index in [1.54, 1.807) is 0 Å². The molecule has 1 aromatic carbocycles. The lowest BCUT2D eigenvalue weighted by Gasteiger charge is -2.11. The molecule has 0 atom stereocenters. The number of nitrogens with one attached hydrogen (secondary N) is 2. The molecule has 2 rings (SSSR count). The summed E-state index contributed by atoms with van der Waals surface area (Å²) in [5.41, 5.74) is 0. The number of hydrogen-bond acceptors (Lipinski definition) is 5. The molecule has 1 heterocycles. The molecular weight excluding hydrogens is 445 g/mol. The van der Waals surface area contributed by atoms with Gasteiger partial charge in [0.2, 0.25) is 5.89 Å². The zero-order valence-corrected chi connectivity index (χ0v) is 17.9. The van der Waals surface area contributed by atoms with Crippen molar-refractivity contribution in [3.63, 3.8) is 0 Å². The highest BCUT2D eigenvalue weighted by atomic mass is 127. The number of para-hydroxylation sites is 1. The number of aliphatic imine (C=N–C) groups is 1. The van der Waals surface area contributed by atoms with Crippen molar-refractivity contribution in [2.24, 2.45) is 4.99 Å². The molecule has 0 aliphatic rings. The second-order valence-corrected chi connectivity index (χ2v) is 5.80. The molecule has 2 N–H and O–H groups in total. The maximum atomic E-state index is 5.65. The number of ether oxygens (including phenoxy) is 1. The third-order valence-electron chi connectivity index (χ3n) is 3.35. The van der Waals surface area contributed by atoms with Gasteiger partial charge in [-0.05, 0) is 19.1 Å². The number of nitrogens with zero attached hydrogens (tertiary/aromatic N) is 3. The first-order valence-corrected chi connectivity index (χ1v) is 8.71. The summed E-state index contributed by atoms with van der Waals surface area (Å²) < 4.78 is 10.9. The van der Waals surface area contributed by atoms with Crippen LogP contribution in [0.1, 0.15) is 38.4 Å². The van der Waals surface area contributed by atoms with Gasteiger partial charge in [-0.15, -0.1) is 24.0 Å². The smallest absolute Gasteiger partial charge is 0.228 e. The predicted octanol–water partition coefficient (Wildman–Crippen LogP) is 2.99. The Morgan fingerprint density at radius 1 is 1.23 bits per heavy atom. The molecule has 0 bridgehead atoms. The van der Waals surface area contributed by atoms with E-state index in [0.717, 1.165) is 24.1 Å². The van der Waals surface area contributed by atoms with Crippen molar-refractivity contribution in [1.82, 2.24) is 20.8 Å². The summed E-state index contributed by atoms with van der Waals surface area (Å²) in [7, 11) is 0. The summed E-state index contributed by atoms with van der Waals surface area (Å²) in [6, 6.07) is 9.76. The molecule has 144 valence electrons. The molecule has 0 fully saturated rings. The Hall–Kier alpha value is -1.84. The monoisotopic (exact) mass is 473 g/mol. The SMILES string of the molecule is CCNC(=NCCc1nc(C(C)C)no1)NCCOc1ccccc1.I. The van der Waals surface area contributed by atoms with Gasteiger partial charge in [0, 0.05) is 18.9 Å². The van der Waals surface area contributed by atoms with Crippen molar-refractivity contribution in [3.8, 4) is 5.75 Å². The van der Waals surface area contributed by atoms with Crippen molar-refractivity contribution in [2.45, 2.75) is 33.1 Å². The van der Waals surface area contributed by atoms with E-state index in [2.05, 4.69) is 25.8 Å². The first-order valence-electron chi connectivity index (χ1n) is 8.71. The zero-order valence-electron chi connectivity index (χ0n) is 15.6. The molecule has 0 unspecified atom stereocenters. The average Bonchev–Trinajstić information content (AvgIpc) is 3.09. The van der Waals surface area contributed by atoms with Crippen LogP contribution in [0.5, 0.6) is 5.75 Å². The highest BCUT2D eigenvalue weighted by Crippen LogP contribution is 2.09. The highest BCUT2D eigenvalue weighted by molar-refractivity contribution is 14.0. The van der Waals surface area contributed by atoms with Crippen LogP contribution in [-0.2, 0) is 6.42 Å². The summed E-state index contributed by atoms with van der Waals surface area (Å²) in [5.74, 6) is 3.24. The number of benzene rings is 1. The van der Waals surface area contributed by atoms with E-state index in [1.807, 2.05) is 51.1 Å². The maximum absolute atomic E-state index is 5.65. The van der Waals surface area contributed by atoms with Gasteiger partial charge in [-0.2, -0.15) is 4.98 Å². The molecule has 8 heteroatoms. The van der Waals surface area contributed by atoms with Crippen molar-refractivity contribution < 1.29 is 9.26 Å². The molecule has 26 heavy (non-hydrogen) atoms. The van der Waals surface area contributed by atoms with Crippen molar-refractivity contribution >= 4 is 29.9 Å². The van der Waals surface area contributed by atoms with E-state index < -0.39 is 0 Å². The van der Waals surface area contributed by atoms with Gasteiger partial charge in [0.15, 0.2) is 11.8 Å². The number of halogens is 1. The quantitative estimate of drug-likeness (QED) is 0.252. The first-order chi connectivity index (χ1) is 12.2. The van der Waals surface area contributed by atoms with Gasteiger partial charge < -0.3 is 19.9 Å². The minimum Gasteiger partial charge on any atom is -0.492 e. The summed E-state index contributed by atoms with van der Waals surface area (Å²) in [5, 5.41) is 10.4. The van der Waals surface area contributed by atoms with E-state index in [1.165, 1.54) is 0 Å². The first kappa shape index (κ1) is 22.2. The molecule has 0 amide bonds. The molecule has 7 nitrogen and oxygen atoms in total. The van der Waals surface area contributed by atoms with Crippen LogP contribution >= 0.6 is 24.0 Å². The Balaban J connectivity index is 0.00000338. The molecule has 0 spiro atoms. The molecule has 0 saturated heterocycles. The third-order valence-corrected chi connectivity index (χ3v) is 3.35. The summed E-state index contributed by atoms with van der Waals surface area (Å²) in [6.45, 7) is 8.71. The standard InChI is InChI=1S/C18H27N5O2.HI/c1-4-19-18(21-12-13-24-15-8-6-5-7-9-15)20-11-10-16-22-17(14(2)3)23-25-16;/h5-9,14H,4,10-13H2,1-3H3,(H2,19,20,21);1H. The Labute approximate surface area is 172 Å². The van der Waals surface area contributed by atoms with E-state index >= 15 is 0 Å². The summed E-state index contributed by atoms with van der Waals surface area (Å²) in [4.78, 5) is 8.87. The second-order valence-electron chi connectivity index (χ2n) is 5.80. The van der Waals surface area contributed by atoms with Crippen LogP contribution < -0.4 is 15.4 Å². The van der Waals surface area contributed by atoms with Crippen molar-refractivity contribution in [2.75, 3.05) is 26.2 Å². The van der Waals surface area contributed by atoms with Gasteiger partial charge in [-0.3, -0.25) is 4.99 Å². The van der Waals surface area contributed by atoms with E-state index in [-0.39, 0.29) is 29.9 Å². The zero-order chi connectivity index (χ0) is 17.9. The molecule has 0 radical (unpaired) electrons. The molecular formula is C18H28IN5O2. The van der Waals surface area contributed by atoms with Crippen LogP contribution in [0.25, 0.3) is 0 Å².